The van der Waals surface area contributed by atoms with Crippen molar-refractivity contribution in [1.29, 1.82) is 0 Å². The fourth-order valence-electron chi connectivity index (χ4n) is 3.65. The van der Waals surface area contributed by atoms with Crippen molar-refractivity contribution >= 4 is 23.5 Å². The van der Waals surface area contributed by atoms with Gasteiger partial charge in [-0.05, 0) is 60.7 Å². The number of carbonyl (C=O) groups excluding carboxylic acids is 2. The molecule has 1 atom stereocenters. The zero-order chi connectivity index (χ0) is 32.8. The predicted molar refractivity (Wildman–Crippen MR) is 155 cm³/mol. The molecule has 4 aromatic rings. The first kappa shape index (κ1) is 32.8. The third kappa shape index (κ3) is 8.70. The molecule has 12 nitrogen and oxygen atoms in total. The Hall–Kier alpha value is -5.15. The van der Waals surface area contributed by atoms with Crippen LogP contribution in [0.1, 0.15) is 26.5 Å². The highest BCUT2D eigenvalue weighted by molar-refractivity contribution is 6.01. The number of rotatable bonds is 9. The number of pyridine rings is 1. The highest BCUT2D eigenvalue weighted by Gasteiger charge is 2.44. The van der Waals surface area contributed by atoms with E-state index in [2.05, 4.69) is 20.2 Å². The number of hydrogen-bond donors (Lipinski definition) is 3. The van der Waals surface area contributed by atoms with Crippen molar-refractivity contribution in [1.82, 2.24) is 14.8 Å². The van der Waals surface area contributed by atoms with E-state index in [-0.39, 0.29) is 28.9 Å². The van der Waals surface area contributed by atoms with Gasteiger partial charge < -0.3 is 29.8 Å². The summed E-state index contributed by atoms with van der Waals surface area (Å²) in [5.41, 5.74) is 0.157. The first-order valence-electron chi connectivity index (χ1n) is 13.5. The van der Waals surface area contributed by atoms with Crippen molar-refractivity contribution in [2.75, 3.05) is 23.6 Å². The summed E-state index contributed by atoms with van der Waals surface area (Å²) in [7, 11) is 0. The van der Waals surface area contributed by atoms with Gasteiger partial charge in [0.25, 0.3) is 0 Å². The van der Waals surface area contributed by atoms with E-state index in [0.717, 1.165) is 4.68 Å². The van der Waals surface area contributed by atoms with Gasteiger partial charge in [0.05, 0.1) is 18.0 Å². The highest BCUT2D eigenvalue weighted by atomic mass is 19.4. The number of aliphatic hydroxyl groups is 2. The molecule has 2 aromatic heterocycles. The molecule has 2 amide bonds. The summed E-state index contributed by atoms with van der Waals surface area (Å²) in [6, 6.07) is 15.3. The third-order valence-corrected chi connectivity index (χ3v) is 5.98. The summed E-state index contributed by atoms with van der Waals surface area (Å²) in [5.74, 6) is -1.71. The molecule has 0 aliphatic carbocycles. The summed E-state index contributed by atoms with van der Waals surface area (Å²) in [5, 5.41) is 25.6. The van der Waals surface area contributed by atoms with Crippen LogP contribution in [0.15, 0.2) is 79.1 Å². The lowest BCUT2D eigenvalue weighted by Gasteiger charge is -2.22. The van der Waals surface area contributed by atoms with Crippen LogP contribution in [0, 0.1) is 0 Å². The molecule has 0 saturated heterocycles. The number of nitrogens with one attached hydrogen (secondary N) is 1. The Labute approximate surface area is 255 Å². The second-order valence-corrected chi connectivity index (χ2v) is 10.6. The molecule has 45 heavy (non-hydrogen) atoms. The minimum atomic E-state index is -5.42. The molecule has 4 rings (SSSR count). The molecule has 15 heteroatoms. The van der Waals surface area contributed by atoms with Crippen LogP contribution in [-0.4, -0.2) is 62.5 Å². The van der Waals surface area contributed by atoms with E-state index in [9.17, 15) is 27.9 Å². The Morgan fingerprint density at radius 2 is 1.56 bits per heavy atom. The fraction of sp³-hybridized carbons (Fsp3) is 0.267. The van der Waals surface area contributed by atoms with E-state index >= 15 is 0 Å². The largest absolute Gasteiger partial charge is 0.493 e. The maximum Gasteiger partial charge on any atom is 0.493 e. The maximum absolute atomic E-state index is 13.5. The molecule has 0 fully saturated rings. The van der Waals surface area contributed by atoms with E-state index in [1.807, 2.05) is 0 Å². The highest BCUT2D eigenvalue weighted by Crippen LogP contribution is 2.31. The van der Waals surface area contributed by atoms with Crippen molar-refractivity contribution < 1.29 is 47.3 Å². The van der Waals surface area contributed by atoms with Crippen molar-refractivity contribution in [3.05, 3.63) is 84.8 Å². The fourth-order valence-corrected chi connectivity index (χ4v) is 3.65. The van der Waals surface area contributed by atoms with E-state index < -0.39 is 36.3 Å². The monoisotopic (exact) mass is 629 g/mol. The molecule has 0 aliphatic heterocycles. The number of anilines is 2. The van der Waals surface area contributed by atoms with Crippen molar-refractivity contribution in [2.24, 2.45) is 0 Å². The smallest absolute Gasteiger partial charge is 0.491 e. The number of ether oxygens (including phenoxy) is 2. The van der Waals surface area contributed by atoms with Crippen LogP contribution in [0.2, 0.25) is 0 Å². The zero-order valence-corrected chi connectivity index (χ0v) is 24.4. The van der Waals surface area contributed by atoms with Gasteiger partial charge in [-0.15, -0.1) is 5.06 Å². The quantitative estimate of drug-likeness (QED) is 0.214. The topological polar surface area (TPSA) is 148 Å². The van der Waals surface area contributed by atoms with E-state index in [1.165, 1.54) is 54.6 Å². The number of nitrogens with zero attached hydrogens (tertiary/aromatic N) is 4. The minimum Gasteiger partial charge on any atom is -0.491 e. The molecular weight excluding hydrogens is 599 g/mol. The molecular formula is C30H30F3N5O7. The lowest BCUT2D eigenvalue weighted by Crippen LogP contribution is -2.42. The first-order chi connectivity index (χ1) is 21.2. The lowest BCUT2D eigenvalue weighted by molar-refractivity contribution is -0.199. The number of carbonyl (C=O) groups is 2. The van der Waals surface area contributed by atoms with Crippen LogP contribution in [0.5, 0.6) is 17.2 Å². The van der Waals surface area contributed by atoms with Gasteiger partial charge in [-0.1, -0.05) is 20.8 Å². The molecule has 1 unspecified atom stereocenters. The first-order valence-corrected chi connectivity index (χ1v) is 13.5. The van der Waals surface area contributed by atoms with Gasteiger partial charge >= 0.3 is 18.2 Å². The molecule has 0 saturated carbocycles. The van der Waals surface area contributed by atoms with Crippen LogP contribution in [0.25, 0.3) is 5.69 Å². The zero-order valence-electron chi connectivity index (χ0n) is 24.4. The Kier molecular flexibility index (Phi) is 9.94. The van der Waals surface area contributed by atoms with Gasteiger partial charge in [0, 0.05) is 29.6 Å². The van der Waals surface area contributed by atoms with Gasteiger partial charge in [0.2, 0.25) is 0 Å². The third-order valence-electron chi connectivity index (χ3n) is 5.98. The average Bonchev–Trinajstić information content (AvgIpc) is 3.45. The molecule has 2 aromatic carbocycles. The number of urea groups is 1. The van der Waals surface area contributed by atoms with Gasteiger partial charge in [-0.25, -0.2) is 14.3 Å². The molecule has 0 spiro atoms. The van der Waals surface area contributed by atoms with Crippen LogP contribution < -0.4 is 19.9 Å². The summed E-state index contributed by atoms with van der Waals surface area (Å²) >= 11 is 0. The number of amides is 2. The Morgan fingerprint density at radius 1 is 0.956 bits per heavy atom. The van der Waals surface area contributed by atoms with Gasteiger partial charge in [0.15, 0.2) is 5.82 Å². The standard InChI is InChI=1S/C30H30F3N5O7/c1-29(2,3)25-16-26(37(36-25)20-6-10-22(11-7-20)43-18-21(40)17-39)38(45-27(41)30(31,32)33)28(42)35-19-4-8-23(9-5-19)44-24-12-14-34-15-13-24/h4-16,21,39-40H,17-18H2,1-3H3,(H,35,42). The lowest BCUT2D eigenvalue weighted by atomic mass is 9.92. The number of aliphatic hydroxyl groups excluding tert-OH is 2. The van der Waals surface area contributed by atoms with E-state index in [4.69, 9.17) is 14.6 Å². The number of aromatic nitrogens is 3. The molecule has 0 aliphatic rings. The SMILES string of the molecule is CC(C)(C)c1cc(N(OC(=O)C(F)(F)F)C(=O)Nc2ccc(Oc3ccncc3)cc2)n(-c2ccc(OCC(O)CO)cc2)n1. The Balaban J connectivity index is 1.67. The minimum absolute atomic E-state index is 0.156. The predicted octanol–water partition coefficient (Wildman–Crippen LogP) is 5.15. The normalized spacial score (nSPS) is 12.3. The van der Waals surface area contributed by atoms with E-state index in [0.29, 0.717) is 22.9 Å². The molecule has 0 radical (unpaired) electrons. The number of alkyl halides is 3. The van der Waals surface area contributed by atoms with Crippen LogP contribution in [-0.2, 0) is 15.0 Å². The second-order valence-electron chi connectivity index (χ2n) is 10.6. The van der Waals surface area contributed by atoms with Crippen LogP contribution in [0.4, 0.5) is 29.5 Å². The maximum atomic E-state index is 13.5. The van der Waals surface area contributed by atoms with Crippen molar-refractivity contribution in [3.8, 4) is 22.9 Å². The molecule has 2 heterocycles. The van der Waals surface area contributed by atoms with Gasteiger partial charge in [-0.2, -0.15) is 18.3 Å². The van der Waals surface area contributed by atoms with Crippen molar-refractivity contribution in [2.45, 2.75) is 38.5 Å². The van der Waals surface area contributed by atoms with Crippen LogP contribution in [0.3, 0.4) is 0 Å². The summed E-state index contributed by atoms with van der Waals surface area (Å²) in [6.45, 7) is 4.72. The summed E-state index contributed by atoms with van der Waals surface area (Å²) < 4.78 is 52.2. The summed E-state index contributed by atoms with van der Waals surface area (Å²) in [6.07, 6.45) is -3.43. The number of hydrogen-bond acceptors (Lipinski definition) is 9. The van der Waals surface area contributed by atoms with Gasteiger partial charge in [0.1, 0.15) is 30.0 Å². The number of halogens is 3. The van der Waals surface area contributed by atoms with Crippen molar-refractivity contribution in [3.63, 3.8) is 0 Å². The Morgan fingerprint density at radius 3 is 2.13 bits per heavy atom. The molecule has 238 valence electrons. The molecule has 3 N–H and O–H groups in total. The summed E-state index contributed by atoms with van der Waals surface area (Å²) in [4.78, 5) is 34.0. The number of hydroxylamine groups is 1. The van der Waals surface area contributed by atoms with E-state index in [1.54, 1.807) is 45.3 Å². The molecule has 0 bridgehead atoms. The second kappa shape index (κ2) is 13.7. The van der Waals surface area contributed by atoms with Crippen LogP contribution >= 0.6 is 0 Å². The Bertz CT molecular complexity index is 1590. The number of benzene rings is 2. The van der Waals surface area contributed by atoms with Gasteiger partial charge in [-0.3, -0.25) is 4.98 Å². The average molecular weight is 630 g/mol.